The van der Waals surface area contributed by atoms with Gasteiger partial charge in [0.15, 0.2) is 5.11 Å². The number of methoxy groups -OCH3 is 1. The van der Waals surface area contributed by atoms with E-state index in [4.69, 9.17) is 28.6 Å². The molecule has 0 aliphatic heterocycles. The molecule has 0 amide bonds. The van der Waals surface area contributed by atoms with Gasteiger partial charge in [0, 0.05) is 24.2 Å². The fourth-order valence-corrected chi connectivity index (χ4v) is 3.59. The van der Waals surface area contributed by atoms with Crippen molar-refractivity contribution in [3.05, 3.63) is 33.4 Å². The third-order valence-corrected chi connectivity index (χ3v) is 5.02. The number of carbonyl (C=O) groups is 1. The number of anilines is 1. The Labute approximate surface area is 155 Å². The molecule has 0 fully saturated rings. The Kier molecular flexibility index (Phi) is 6.59. The van der Waals surface area contributed by atoms with Crippen molar-refractivity contribution in [3.8, 4) is 0 Å². The van der Waals surface area contributed by atoms with Crippen LogP contribution in [0.1, 0.15) is 27.2 Å². The van der Waals surface area contributed by atoms with Crippen molar-refractivity contribution in [3.63, 3.8) is 0 Å². The molecule has 0 aliphatic carbocycles. The lowest BCUT2D eigenvalue weighted by Crippen LogP contribution is -2.30. The normalized spacial score (nSPS) is 10.5. The van der Waals surface area contributed by atoms with Crippen molar-refractivity contribution in [1.29, 1.82) is 0 Å². The molecule has 2 N–H and O–H groups in total. The maximum atomic E-state index is 11.9. The second kappa shape index (κ2) is 8.46. The molecular weight excluding hydrogens is 368 g/mol. The third-order valence-electron chi connectivity index (χ3n) is 3.45. The summed E-state index contributed by atoms with van der Waals surface area (Å²) in [6, 6.07) is 0. The number of nitrogens with one attached hydrogen (secondary N) is 2. The number of ether oxygens (including phenoxy) is 1. The quantitative estimate of drug-likeness (QED) is 0.450. The smallest absolute Gasteiger partial charge is 0.341 e. The van der Waals surface area contributed by atoms with E-state index in [1.807, 2.05) is 13.8 Å². The number of nitrogens with zero attached hydrogens (tertiary/aromatic N) is 2. The Morgan fingerprint density at radius 3 is 2.88 bits per heavy atom. The minimum absolute atomic E-state index is 0.363. The van der Waals surface area contributed by atoms with E-state index in [1.165, 1.54) is 18.4 Å². The minimum atomic E-state index is -0.363. The predicted molar refractivity (Wildman–Crippen MR) is 101 cm³/mol. The second-order valence-corrected chi connectivity index (χ2v) is 7.20. The second-order valence-electron chi connectivity index (χ2n) is 5.14. The van der Waals surface area contributed by atoms with Gasteiger partial charge in [0.25, 0.3) is 0 Å². The van der Waals surface area contributed by atoms with Gasteiger partial charge in [-0.1, -0.05) is 11.6 Å². The highest BCUT2D eigenvalue weighted by Gasteiger charge is 2.20. The number of hydrogen-bond donors (Lipinski definition) is 2. The van der Waals surface area contributed by atoms with E-state index in [9.17, 15) is 4.79 Å². The number of rotatable bonds is 6. The molecule has 0 radical (unpaired) electrons. The van der Waals surface area contributed by atoms with Gasteiger partial charge in [-0.15, -0.1) is 11.3 Å². The highest BCUT2D eigenvalue weighted by molar-refractivity contribution is 7.80. The van der Waals surface area contributed by atoms with Gasteiger partial charge in [-0.3, -0.25) is 4.68 Å². The zero-order valence-corrected chi connectivity index (χ0v) is 16.1. The van der Waals surface area contributed by atoms with Gasteiger partial charge in [0.1, 0.15) is 5.00 Å². The predicted octanol–water partition coefficient (Wildman–Crippen LogP) is 3.38. The van der Waals surface area contributed by atoms with Crippen LogP contribution in [0, 0.1) is 13.8 Å². The van der Waals surface area contributed by atoms with Gasteiger partial charge in [-0.2, -0.15) is 5.10 Å². The van der Waals surface area contributed by atoms with Gasteiger partial charge < -0.3 is 15.4 Å². The van der Waals surface area contributed by atoms with Crippen LogP contribution < -0.4 is 10.6 Å². The molecule has 0 saturated heterocycles. The Morgan fingerprint density at radius 1 is 1.50 bits per heavy atom. The van der Waals surface area contributed by atoms with Gasteiger partial charge in [0.2, 0.25) is 0 Å². The average molecular weight is 387 g/mol. The summed E-state index contributed by atoms with van der Waals surface area (Å²) in [7, 11) is 1.37. The summed E-state index contributed by atoms with van der Waals surface area (Å²) in [4.78, 5) is 13.0. The molecule has 2 heterocycles. The molecule has 0 spiro atoms. The Bertz CT molecular complexity index is 742. The number of hydrogen-bond acceptors (Lipinski definition) is 5. The first-order valence-electron chi connectivity index (χ1n) is 7.33. The highest BCUT2D eigenvalue weighted by Crippen LogP contribution is 2.32. The van der Waals surface area contributed by atoms with Crippen LogP contribution in [0.3, 0.4) is 0 Å². The molecule has 130 valence electrons. The molecule has 0 bridgehead atoms. The van der Waals surface area contributed by atoms with Crippen LogP contribution in [-0.2, 0) is 11.3 Å². The van der Waals surface area contributed by atoms with E-state index in [-0.39, 0.29) is 5.97 Å². The maximum Gasteiger partial charge on any atom is 0.341 e. The summed E-state index contributed by atoms with van der Waals surface area (Å²) in [5, 5.41) is 12.1. The molecular formula is C15H19ClN4O2S2. The number of carbonyl (C=O) groups excluding carboxylic acids is 1. The van der Waals surface area contributed by atoms with Crippen molar-refractivity contribution in [1.82, 2.24) is 15.1 Å². The number of halogens is 1. The minimum Gasteiger partial charge on any atom is -0.465 e. The lowest BCUT2D eigenvalue weighted by atomic mass is 10.1. The molecule has 0 saturated carbocycles. The Hall–Kier alpha value is -1.64. The molecule has 0 aromatic carbocycles. The van der Waals surface area contributed by atoms with Gasteiger partial charge >= 0.3 is 5.97 Å². The van der Waals surface area contributed by atoms with Gasteiger partial charge in [0.05, 0.1) is 23.9 Å². The summed E-state index contributed by atoms with van der Waals surface area (Å²) < 4.78 is 6.63. The van der Waals surface area contributed by atoms with E-state index >= 15 is 0 Å². The van der Waals surface area contributed by atoms with Crippen LogP contribution in [0.2, 0.25) is 5.02 Å². The molecule has 6 nitrogen and oxygen atoms in total. The summed E-state index contributed by atoms with van der Waals surface area (Å²) in [5.41, 5.74) is 1.45. The number of thiophene rings is 1. The van der Waals surface area contributed by atoms with Crippen molar-refractivity contribution >= 4 is 51.2 Å². The van der Waals surface area contributed by atoms with Crippen molar-refractivity contribution in [2.24, 2.45) is 0 Å². The first-order valence-corrected chi connectivity index (χ1v) is 8.93. The van der Waals surface area contributed by atoms with Crippen molar-refractivity contribution < 1.29 is 9.53 Å². The molecule has 2 aromatic rings. The number of aryl methyl sites for hydroxylation is 2. The van der Waals surface area contributed by atoms with Crippen LogP contribution >= 0.6 is 35.2 Å². The summed E-state index contributed by atoms with van der Waals surface area (Å²) >= 11 is 12.6. The first kappa shape index (κ1) is 18.7. The molecule has 2 rings (SSSR count). The molecule has 0 atom stereocenters. The molecule has 2 aromatic heterocycles. The monoisotopic (exact) mass is 386 g/mol. The summed E-state index contributed by atoms with van der Waals surface area (Å²) in [6.07, 6.45) is 4.22. The van der Waals surface area contributed by atoms with Crippen molar-refractivity contribution in [2.75, 3.05) is 19.0 Å². The topological polar surface area (TPSA) is 68.2 Å². The van der Waals surface area contributed by atoms with E-state index in [1.54, 1.807) is 17.1 Å². The summed E-state index contributed by atoms with van der Waals surface area (Å²) in [5.74, 6) is -0.363. The number of esters is 1. The lowest BCUT2D eigenvalue weighted by molar-refractivity contribution is 0.0601. The van der Waals surface area contributed by atoms with Crippen LogP contribution in [0.4, 0.5) is 5.00 Å². The number of thiocarbonyl (C=S) groups is 1. The molecule has 0 aliphatic rings. The first-order chi connectivity index (χ1) is 11.4. The van der Waals surface area contributed by atoms with Gasteiger partial charge in [-0.25, -0.2) is 4.79 Å². The Balaban J connectivity index is 1.86. The van der Waals surface area contributed by atoms with Crippen molar-refractivity contribution in [2.45, 2.75) is 26.8 Å². The molecule has 0 unspecified atom stereocenters. The van der Waals surface area contributed by atoms with E-state index in [2.05, 4.69) is 15.7 Å². The summed E-state index contributed by atoms with van der Waals surface area (Å²) in [6.45, 7) is 5.28. The van der Waals surface area contributed by atoms with E-state index < -0.39 is 0 Å². The SMILES string of the molecule is COC(=O)c1c(NC(=S)NCCCn2cc(Cl)cn2)sc(C)c1C. The van der Waals surface area contributed by atoms with Crippen LogP contribution in [0.5, 0.6) is 0 Å². The maximum absolute atomic E-state index is 11.9. The van der Waals surface area contributed by atoms with Crippen LogP contribution in [0.15, 0.2) is 12.4 Å². The van der Waals surface area contributed by atoms with E-state index in [0.717, 1.165) is 23.4 Å². The van der Waals surface area contributed by atoms with Crippen LogP contribution in [-0.4, -0.2) is 34.5 Å². The average Bonchev–Trinajstić information content (AvgIpc) is 3.07. The zero-order chi connectivity index (χ0) is 17.7. The molecule has 24 heavy (non-hydrogen) atoms. The largest absolute Gasteiger partial charge is 0.465 e. The fourth-order valence-electron chi connectivity index (χ4n) is 2.11. The fraction of sp³-hybridized carbons (Fsp3) is 0.400. The van der Waals surface area contributed by atoms with Crippen LogP contribution in [0.25, 0.3) is 0 Å². The highest BCUT2D eigenvalue weighted by atomic mass is 35.5. The standard InChI is InChI=1S/C15H19ClN4O2S2/c1-9-10(2)24-13(12(9)14(21)22-3)19-15(23)17-5-4-6-20-8-11(16)7-18-20/h7-8H,4-6H2,1-3H3,(H2,17,19,23). The third kappa shape index (κ3) is 4.68. The van der Waals surface area contributed by atoms with Gasteiger partial charge in [-0.05, 0) is 38.0 Å². The lowest BCUT2D eigenvalue weighted by Gasteiger charge is -2.10. The van der Waals surface area contributed by atoms with E-state index in [0.29, 0.717) is 27.2 Å². The Morgan fingerprint density at radius 2 is 2.25 bits per heavy atom. The zero-order valence-electron chi connectivity index (χ0n) is 13.7. The number of aromatic nitrogens is 2. The molecule has 9 heteroatoms.